The maximum Gasteiger partial charge on any atom is 0.126 e. The Morgan fingerprint density at radius 3 is 2.66 bits per heavy atom. The fourth-order valence-electron chi connectivity index (χ4n) is 6.26. The molecule has 2 aromatic heterocycles. The van der Waals surface area contributed by atoms with Gasteiger partial charge in [-0.05, 0) is 81.9 Å². The Kier molecular flexibility index (Phi) is 9.16. The van der Waals surface area contributed by atoms with Gasteiger partial charge in [-0.3, -0.25) is 4.98 Å². The molecular weight excluding hydrogens is 498 g/mol. The summed E-state index contributed by atoms with van der Waals surface area (Å²) in [6.45, 7) is 1.80. The van der Waals surface area contributed by atoms with Crippen molar-refractivity contribution in [1.29, 1.82) is 5.26 Å². The van der Waals surface area contributed by atoms with Crippen LogP contribution in [0.1, 0.15) is 69.9 Å². The third-order valence-corrected chi connectivity index (χ3v) is 9.06. The number of aliphatic hydroxyl groups is 1. The molecule has 1 aliphatic heterocycles. The van der Waals surface area contributed by atoms with Crippen molar-refractivity contribution in [3.63, 3.8) is 0 Å². The van der Waals surface area contributed by atoms with Crippen LogP contribution < -0.4 is 10.6 Å². The number of halogens is 1. The number of anilines is 1. The Hall–Kier alpha value is -2.24. The Labute approximate surface area is 231 Å². The van der Waals surface area contributed by atoms with Crippen molar-refractivity contribution in [3.05, 3.63) is 41.2 Å². The number of pyridine rings is 2. The van der Waals surface area contributed by atoms with E-state index in [2.05, 4.69) is 27.8 Å². The van der Waals surface area contributed by atoms with Gasteiger partial charge in [-0.2, -0.15) is 5.26 Å². The highest BCUT2D eigenvalue weighted by Crippen LogP contribution is 2.33. The smallest absolute Gasteiger partial charge is 0.126 e. The predicted octanol–water partition coefficient (Wildman–Crippen LogP) is 5.52. The van der Waals surface area contributed by atoms with Crippen LogP contribution in [0.5, 0.6) is 0 Å². The van der Waals surface area contributed by atoms with Crippen molar-refractivity contribution in [1.82, 2.24) is 15.3 Å². The molecule has 3 N–H and O–H groups in total. The van der Waals surface area contributed by atoms with E-state index in [1.807, 2.05) is 18.2 Å². The predicted molar refractivity (Wildman–Crippen MR) is 150 cm³/mol. The van der Waals surface area contributed by atoms with Gasteiger partial charge < -0.3 is 20.5 Å². The van der Waals surface area contributed by atoms with Crippen LogP contribution in [0.15, 0.2) is 30.5 Å². The van der Waals surface area contributed by atoms with E-state index in [4.69, 9.17) is 21.3 Å². The zero-order valence-corrected chi connectivity index (χ0v) is 22.9. The quantitative estimate of drug-likeness (QED) is 0.407. The van der Waals surface area contributed by atoms with Gasteiger partial charge in [-0.15, -0.1) is 0 Å². The van der Waals surface area contributed by atoms with Crippen LogP contribution in [-0.4, -0.2) is 53.0 Å². The number of hydrogen-bond donors (Lipinski definition) is 3. The van der Waals surface area contributed by atoms with Crippen molar-refractivity contribution in [2.45, 2.75) is 88.8 Å². The van der Waals surface area contributed by atoms with Gasteiger partial charge >= 0.3 is 0 Å². The number of ether oxygens (including phenoxy) is 1. The first-order chi connectivity index (χ1) is 18.5. The maximum absolute atomic E-state index is 10.3. The summed E-state index contributed by atoms with van der Waals surface area (Å²) >= 11 is 6.58. The molecule has 204 valence electrons. The Morgan fingerprint density at radius 2 is 1.89 bits per heavy atom. The molecule has 1 saturated heterocycles. The van der Waals surface area contributed by atoms with Crippen LogP contribution in [0.25, 0.3) is 11.3 Å². The molecule has 7 nitrogen and oxygen atoms in total. The van der Waals surface area contributed by atoms with Gasteiger partial charge in [0.1, 0.15) is 5.82 Å². The van der Waals surface area contributed by atoms with Crippen LogP contribution in [0.3, 0.4) is 0 Å². The van der Waals surface area contributed by atoms with E-state index in [1.165, 1.54) is 19.3 Å². The molecule has 3 heterocycles. The number of aromatic nitrogens is 2. The monoisotopic (exact) mass is 537 g/mol. The molecule has 2 atom stereocenters. The fourth-order valence-corrected chi connectivity index (χ4v) is 6.46. The second-order valence-corrected chi connectivity index (χ2v) is 11.9. The van der Waals surface area contributed by atoms with Crippen LogP contribution in [0.2, 0.25) is 5.02 Å². The minimum atomic E-state index is -0.415. The van der Waals surface area contributed by atoms with Crippen LogP contribution in [0, 0.1) is 22.7 Å². The van der Waals surface area contributed by atoms with Crippen molar-refractivity contribution in [3.8, 4) is 17.3 Å². The molecule has 8 heteroatoms. The average Bonchev–Trinajstić information content (AvgIpc) is 2.96. The average molecular weight is 538 g/mol. The summed E-state index contributed by atoms with van der Waals surface area (Å²) in [6.07, 6.45) is 13.0. The van der Waals surface area contributed by atoms with Gasteiger partial charge in [0.25, 0.3) is 0 Å². The lowest BCUT2D eigenvalue weighted by molar-refractivity contribution is 0.0455. The molecule has 0 unspecified atom stereocenters. The second kappa shape index (κ2) is 12.7. The highest BCUT2D eigenvalue weighted by molar-refractivity contribution is 6.33. The van der Waals surface area contributed by atoms with Crippen LogP contribution in [-0.2, 0) is 11.2 Å². The Bertz CT molecular complexity index is 1110. The topological polar surface area (TPSA) is 103 Å². The summed E-state index contributed by atoms with van der Waals surface area (Å²) in [5.74, 6) is 1.35. The molecular formula is C30H40ClN5O2. The molecule has 5 rings (SSSR count). The molecule has 0 radical (unpaired) electrons. The molecule has 3 fully saturated rings. The van der Waals surface area contributed by atoms with E-state index in [0.717, 1.165) is 74.1 Å². The summed E-state index contributed by atoms with van der Waals surface area (Å²) in [6, 6.07) is 11.3. The molecule has 2 aromatic rings. The van der Waals surface area contributed by atoms with Crippen LogP contribution >= 0.6 is 11.6 Å². The van der Waals surface area contributed by atoms with Crippen LogP contribution in [0.4, 0.5) is 5.82 Å². The van der Waals surface area contributed by atoms with Gasteiger partial charge in [0.2, 0.25) is 0 Å². The number of nitriles is 1. The van der Waals surface area contributed by atoms with Gasteiger partial charge in [0, 0.05) is 49.3 Å². The first-order valence-electron chi connectivity index (χ1n) is 14.3. The molecule has 2 aliphatic carbocycles. The van der Waals surface area contributed by atoms with Gasteiger partial charge in [-0.25, -0.2) is 4.98 Å². The summed E-state index contributed by atoms with van der Waals surface area (Å²) in [5.41, 5.74) is 2.33. The summed E-state index contributed by atoms with van der Waals surface area (Å²) < 4.78 is 5.45. The summed E-state index contributed by atoms with van der Waals surface area (Å²) in [7, 11) is 0. The zero-order valence-electron chi connectivity index (χ0n) is 22.2. The van der Waals surface area contributed by atoms with Crippen molar-refractivity contribution in [2.24, 2.45) is 11.3 Å². The zero-order chi connectivity index (χ0) is 26.4. The van der Waals surface area contributed by atoms with Gasteiger partial charge in [0.05, 0.1) is 28.3 Å². The maximum atomic E-state index is 10.3. The Balaban J connectivity index is 1.18. The molecule has 0 amide bonds. The minimum Gasteiger partial charge on any atom is -0.392 e. The minimum absolute atomic E-state index is 0.185. The number of aliphatic hydroxyl groups excluding tert-OH is 1. The standard InChI is InChI=1S/C30H40ClN5O2/c31-25-18-33-23(16-21-8-10-22(11-9-21)35-27-4-1-2-6-28(27)37)17-24(25)26-5-3-7-29(36-26)34-20-30(19-32)12-14-38-15-13-30/h3,5,7,17-18,21-22,27-28,35,37H,1-2,4,6,8-16,20H2,(H,34,36)/t21?,22?,27-,28-/m0/s1. The lowest BCUT2D eigenvalue weighted by atomic mass is 9.82. The second-order valence-electron chi connectivity index (χ2n) is 11.5. The van der Waals surface area contributed by atoms with Crippen molar-refractivity contribution in [2.75, 3.05) is 25.1 Å². The number of rotatable bonds is 8. The SMILES string of the molecule is N#CC1(CNc2cccc(-c3cc(CC4CCC(N[C@H]5CCCC[C@@H]5O)CC4)ncc3Cl)n2)CCOCC1. The Morgan fingerprint density at radius 1 is 1.11 bits per heavy atom. The molecule has 3 aliphatic rings. The molecule has 38 heavy (non-hydrogen) atoms. The first-order valence-corrected chi connectivity index (χ1v) is 14.7. The molecule has 2 saturated carbocycles. The normalized spacial score (nSPS) is 27.4. The number of hydrogen-bond acceptors (Lipinski definition) is 7. The van der Waals surface area contributed by atoms with E-state index in [-0.39, 0.29) is 12.1 Å². The summed E-state index contributed by atoms with van der Waals surface area (Å²) in [5, 5.41) is 27.8. The van der Waals surface area contributed by atoms with Gasteiger partial charge in [-0.1, -0.05) is 30.5 Å². The third-order valence-electron chi connectivity index (χ3n) is 8.76. The highest BCUT2D eigenvalue weighted by atomic mass is 35.5. The largest absolute Gasteiger partial charge is 0.392 e. The molecule has 0 aromatic carbocycles. The molecule has 0 bridgehead atoms. The first kappa shape index (κ1) is 27.3. The number of nitrogens with zero attached hydrogens (tertiary/aromatic N) is 3. The van der Waals surface area contributed by atoms with Crippen molar-refractivity contribution >= 4 is 17.4 Å². The van der Waals surface area contributed by atoms with Crippen molar-refractivity contribution < 1.29 is 9.84 Å². The lowest BCUT2D eigenvalue weighted by Gasteiger charge is -2.35. The van der Waals surface area contributed by atoms with E-state index in [9.17, 15) is 10.4 Å². The van der Waals surface area contributed by atoms with Gasteiger partial charge in [0.15, 0.2) is 0 Å². The van der Waals surface area contributed by atoms with E-state index < -0.39 is 5.41 Å². The van der Waals surface area contributed by atoms with E-state index in [1.54, 1.807) is 6.20 Å². The fraction of sp³-hybridized carbons (Fsp3) is 0.633. The molecule has 0 spiro atoms. The highest BCUT2D eigenvalue weighted by Gasteiger charge is 2.33. The summed E-state index contributed by atoms with van der Waals surface area (Å²) in [4.78, 5) is 9.47. The van der Waals surface area contributed by atoms with E-state index in [0.29, 0.717) is 36.7 Å². The third kappa shape index (κ3) is 6.84. The van der Waals surface area contributed by atoms with E-state index >= 15 is 0 Å². The lowest BCUT2D eigenvalue weighted by Crippen LogP contribution is -2.48. The number of nitrogens with one attached hydrogen (secondary N) is 2.